The van der Waals surface area contributed by atoms with Gasteiger partial charge in [-0.15, -0.1) is 0 Å². The Balaban J connectivity index is 2.47. The number of nitrogens with zero attached hydrogens (tertiary/aromatic N) is 1. The second-order valence-corrected chi connectivity index (χ2v) is 5.29. The molecule has 19 heavy (non-hydrogen) atoms. The lowest BCUT2D eigenvalue weighted by Crippen LogP contribution is -2.16. The fourth-order valence-corrected chi connectivity index (χ4v) is 2.63. The van der Waals surface area contributed by atoms with Gasteiger partial charge in [0.05, 0.1) is 11.9 Å². The van der Waals surface area contributed by atoms with Crippen molar-refractivity contribution in [1.82, 2.24) is 10.2 Å². The maximum atomic E-state index is 13.9. The zero-order valence-corrected chi connectivity index (χ0v) is 10.3. The molecular weight excluding hydrogens is 278 g/mol. The monoisotopic (exact) mass is 288 g/mol. The average molecular weight is 288 g/mol. The van der Waals surface area contributed by atoms with Crippen LogP contribution in [0.25, 0.3) is 0 Å². The quantitative estimate of drug-likeness (QED) is 0.779. The lowest BCUT2D eigenvalue weighted by Gasteiger charge is -2.09. The van der Waals surface area contributed by atoms with E-state index in [9.17, 15) is 17.2 Å². The molecule has 1 heterocycles. The predicted molar refractivity (Wildman–Crippen MR) is 63.6 cm³/mol. The van der Waals surface area contributed by atoms with Crippen LogP contribution in [0.3, 0.4) is 0 Å². The van der Waals surface area contributed by atoms with Gasteiger partial charge in [0, 0.05) is 18.3 Å². The molecule has 2 rings (SSSR count). The van der Waals surface area contributed by atoms with Crippen LogP contribution < -0.4 is 10.5 Å². The van der Waals surface area contributed by atoms with Crippen molar-refractivity contribution in [3.05, 3.63) is 41.7 Å². The van der Waals surface area contributed by atoms with Crippen molar-refractivity contribution in [3.8, 4) is 0 Å². The molecule has 0 amide bonds. The molecule has 0 spiro atoms. The van der Waals surface area contributed by atoms with E-state index in [1.54, 1.807) is 0 Å². The van der Waals surface area contributed by atoms with Gasteiger partial charge in [0.1, 0.15) is 10.7 Å². The smallest absolute Gasteiger partial charge is 0.264 e. The Bertz CT molecular complexity index is 686. The summed E-state index contributed by atoms with van der Waals surface area (Å²) in [4.78, 5) is -0.671. The zero-order valence-electron chi connectivity index (χ0n) is 9.52. The average Bonchev–Trinajstić information content (AvgIpc) is 2.81. The molecule has 0 atom stereocenters. The Morgan fingerprint density at radius 2 is 2.11 bits per heavy atom. The minimum Gasteiger partial charge on any atom is -0.326 e. The molecule has 0 aliphatic carbocycles. The van der Waals surface area contributed by atoms with Crippen LogP contribution in [0.1, 0.15) is 5.56 Å². The van der Waals surface area contributed by atoms with E-state index in [2.05, 4.69) is 14.9 Å². The molecule has 0 aliphatic rings. The molecule has 9 heteroatoms. The van der Waals surface area contributed by atoms with Crippen LogP contribution >= 0.6 is 0 Å². The first-order chi connectivity index (χ1) is 8.95. The highest BCUT2D eigenvalue weighted by atomic mass is 32.2. The Morgan fingerprint density at radius 3 is 2.68 bits per heavy atom. The summed E-state index contributed by atoms with van der Waals surface area (Å²) in [6, 6.07) is 1.70. The topological polar surface area (TPSA) is 101 Å². The van der Waals surface area contributed by atoms with Crippen LogP contribution in [0.2, 0.25) is 0 Å². The van der Waals surface area contributed by atoms with Gasteiger partial charge in [-0.1, -0.05) is 0 Å². The number of hydrogen-bond acceptors (Lipinski definition) is 4. The highest BCUT2D eigenvalue weighted by molar-refractivity contribution is 7.92. The van der Waals surface area contributed by atoms with Crippen LogP contribution in [-0.4, -0.2) is 18.6 Å². The van der Waals surface area contributed by atoms with E-state index >= 15 is 0 Å². The van der Waals surface area contributed by atoms with Crippen LogP contribution in [0, 0.1) is 11.6 Å². The van der Waals surface area contributed by atoms with E-state index in [-0.39, 0.29) is 5.69 Å². The Hall–Kier alpha value is -2.00. The largest absolute Gasteiger partial charge is 0.326 e. The number of sulfonamides is 1. The van der Waals surface area contributed by atoms with Gasteiger partial charge in [0.2, 0.25) is 0 Å². The summed E-state index contributed by atoms with van der Waals surface area (Å²) in [7, 11) is -4.17. The summed E-state index contributed by atoms with van der Waals surface area (Å²) in [5.41, 5.74) is 4.85. The molecule has 1 aromatic heterocycles. The normalized spacial score (nSPS) is 11.5. The molecule has 4 N–H and O–H groups in total. The molecule has 102 valence electrons. The van der Waals surface area contributed by atoms with E-state index in [1.165, 1.54) is 12.4 Å². The number of hydrogen-bond donors (Lipinski definition) is 3. The number of nitrogens with two attached hydrogens (primary N) is 1. The van der Waals surface area contributed by atoms with Crippen LogP contribution in [0.5, 0.6) is 0 Å². The molecular formula is C10H10F2N4O2S. The molecule has 0 fully saturated rings. The number of aromatic nitrogens is 2. The number of anilines is 1. The summed E-state index contributed by atoms with van der Waals surface area (Å²) in [6.45, 7) is -0.438. The van der Waals surface area contributed by atoms with Crippen LogP contribution in [0.4, 0.5) is 14.5 Å². The third-order valence-corrected chi connectivity index (χ3v) is 3.79. The third-order valence-electron chi connectivity index (χ3n) is 2.39. The maximum absolute atomic E-state index is 13.9. The second kappa shape index (κ2) is 4.94. The molecule has 0 bridgehead atoms. The van der Waals surface area contributed by atoms with E-state index < -0.39 is 38.7 Å². The molecule has 0 saturated carbocycles. The predicted octanol–water partition coefficient (Wildman–Crippen LogP) is 0.947. The summed E-state index contributed by atoms with van der Waals surface area (Å²) in [6.07, 6.45) is 2.49. The first-order valence-electron chi connectivity index (χ1n) is 5.14. The first-order valence-corrected chi connectivity index (χ1v) is 6.62. The summed E-state index contributed by atoms with van der Waals surface area (Å²) in [5, 5.41) is 5.94. The molecule has 0 unspecified atom stereocenters. The SMILES string of the molecule is NCc1c(F)ccc(S(=O)(=O)Nc2cn[nH]c2)c1F. The molecule has 0 aliphatic heterocycles. The van der Waals surface area contributed by atoms with Crippen LogP contribution in [-0.2, 0) is 16.6 Å². The molecule has 0 saturated heterocycles. The molecule has 1 aromatic carbocycles. The van der Waals surface area contributed by atoms with Crippen molar-refractivity contribution in [2.75, 3.05) is 4.72 Å². The highest BCUT2D eigenvalue weighted by Gasteiger charge is 2.23. The Kier molecular flexibility index (Phi) is 3.49. The lowest BCUT2D eigenvalue weighted by molar-refractivity contribution is 0.530. The van der Waals surface area contributed by atoms with Crippen molar-refractivity contribution >= 4 is 15.7 Å². The molecule has 0 radical (unpaired) electrons. The number of aromatic amines is 1. The summed E-state index contributed by atoms with van der Waals surface area (Å²) in [5.74, 6) is -2.08. The minimum absolute atomic E-state index is 0.137. The molecule has 6 nitrogen and oxygen atoms in total. The van der Waals surface area contributed by atoms with E-state index in [1.807, 2.05) is 0 Å². The number of H-pyrrole nitrogens is 1. The molecule has 2 aromatic rings. The summed E-state index contributed by atoms with van der Waals surface area (Å²) < 4.78 is 53.1. The maximum Gasteiger partial charge on any atom is 0.264 e. The number of rotatable bonds is 4. The minimum atomic E-state index is -4.17. The van der Waals surface area contributed by atoms with Gasteiger partial charge in [-0.25, -0.2) is 17.2 Å². The van der Waals surface area contributed by atoms with Gasteiger partial charge in [-0.2, -0.15) is 5.10 Å². The fourth-order valence-electron chi connectivity index (χ4n) is 1.49. The van der Waals surface area contributed by atoms with Gasteiger partial charge in [-0.05, 0) is 12.1 Å². The van der Waals surface area contributed by atoms with E-state index in [0.717, 1.165) is 12.1 Å². The zero-order chi connectivity index (χ0) is 14.0. The van der Waals surface area contributed by atoms with Gasteiger partial charge >= 0.3 is 0 Å². The van der Waals surface area contributed by atoms with Gasteiger partial charge in [0.15, 0.2) is 5.82 Å². The van der Waals surface area contributed by atoms with Gasteiger partial charge in [-0.3, -0.25) is 9.82 Å². The highest BCUT2D eigenvalue weighted by Crippen LogP contribution is 2.22. The van der Waals surface area contributed by atoms with Gasteiger partial charge < -0.3 is 5.73 Å². The van der Waals surface area contributed by atoms with Crippen molar-refractivity contribution < 1.29 is 17.2 Å². The first kappa shape index (κ1) is 13.4. The standard InChI is InChI=1S/C10H10F2N4O2S/c11-8-1-2-9(10(12)7(8)3-13)19(17,18)16-6-4-14-15-5-6/h1-2,4-5,16H,3,13H2,(H,14,15). The van der Waals surface area contributed by atoms with Crippen molar-refractivity contribution in [2.24, 2.45) is 5.73 Å². The van der Waals surface area contributed by atoms with E-state index in [0.29, 0.717) is 0 Å². The summed E-state index contributed by atoms with van der Waals surface area (Å²) >= 11 is 0. The Morgan fingerprint density at radius 1 is 1.37 bits per heavy atom. The van der Waals surface area contributed by atoms with Crippen molar-refractivity contribution in [2.45, 2.75) is 11.4 Å². The fraction of sp³-hybridized carbons (Fsp3) is 0.100. The van der Waals surface area contributed by atoms with Crippen molar-refractivity contribution in [3.63, 3.8) is 0 Å². The van der Waals surface area contributed by atoms with Gasteiger partial charge in [0.25, 0.3) is 10.0 Å². The number of nitrogens with one attached hydrogen (secondary N) is 2. The Labute approximate surface area is 107 Å². The van der Waals surface area contributed by atoms with Crippen molar-refractivity contribution in [1.29, 1.82) is 0 Å². The number of halogens is 2. The van der Waals surface area contributed by atoms with Crippen LogP contribution in [0.15, 0.2) is 29.4 Å². The van der Waals surface area contributed by atoms with E-state index in [4.69, 9.17) is 5.73 Å². The second-order valence-electron chi connectivity index (χ2n) is 3.63. The third kappa shape index (κ3) is 2.56. The lowest BCUT2D eigenvalue weighted by atomic mass is 10.2. The number of benzene rings is 1.